The number of hydrogen-bond donors (Lipinski definition) is 7. The summed E-state index contributed by atoms with van der Waals surface area (Å²) in [6, 6.07) is 27.3. The molecule has 0 spiro atoms. The quantitative estimate of drug-likeness (QED) is 0.0887. The average molecular weight is 735 g/mol. The van der Waals surface area contributed by atoms with Crippen LogP contribution in [0.2, 0.25) is 0 Å². The van der Waals surface area contributed by atoms with Gasteiger partial charge in [-0.15, -0.1) is 0 Å². The Balaban J connectivity index is 0.917. The molecular weight excluding hydrogens is 692 g/mol. The Morgan fingerprint density at radius 3 is 2.35 bits per heavy atom. The van der Waals surface area contributed by atoms with E-state index in [4.69, 9.17) is 4.74 Å². The number of aliphatic hydroxyl groups is 2. The summed E-state index contributed by atoms with van der Waals surface area (Å²) in [6.07, 6.45) is 0.526. The number of ether oxygens (including phenoxy) is 1. The standard InChI is InChI=1S/C41H42N4O9/c46-34-15-13-32(33-14-16-36(48)44-38(33)34)35(47)24-42-22-26-9-11-28(12-10-26)39(50)43-23-27-17-19-45(20-18-27)37(49)25-54-31-8-4-7-30(21-31)41(53,40(51)52)29-5-2-1-3-6-29/h1-16,21,27,35,42,46-47,53H,17-20,22-25H2,(H,43,50)(H,44,48)(H,51,52). The molecule has 0 radical (unpaired) electrons. The molecule has 13 nitrogen and oxygen atoms in total. The average Bonchev–Trinajstić information content (AvgIpc) is 3.19. The molecule has 1 aliphatic rings. The van der Waals surface area contributed by atoms with Crippen LogP contribution in [0.5, 0.6) is 11.5 Å². The third-order valence-corrected chi connectivity index (χ3v) is 9.78. The van der Waals surface area contributed by atoms with Crippen molar-refractivity contribution in [2.24, 2.45) is 5.92 Å². The largest absolute Gasteiger partial charge is 0.506 e. The van der Waals surface area contributed by atoms with E-state index in [-0.39, 0.29) is 64.6 Å². The van der Waals surface area contributed by atoms with Gasteiger partial charge >= 0.3 is 5.97 Å². The Morgan fingerprint density at radius 1 is 0.907 bits per heavy atom. The fraction of sp³-hybridized carbons (Fsp3) is 0.268. The number of benzene rings is 4. The molecule has 5 aromatic rings. The summed E-state index contributed by atoms with van der Waals surface area (Å²) in [4.78, 5) is 53.9. The topological polar surface area (TPSA) is 202 Å². The number of rotatable bonds is 14. The van der Waals surface area contributed by atoms with Gasteiger partial charge in [0.2, 0.25) is 11.2 Å². The van der Waals surface area contributed by atoms with Gasteiger partial charge < -0.3 is 45.7 Å². The number of fused-ring (bicyclic) bond motifs is 1. The molecule has 54 heavy (non-hydrogen) atoms. The van der Waals surface area contributed by atoms with Crippen LogP contribution in [0.4, 0.5) is 0 Å². The van der Waals surface area contributed by atoms with Crippen molar-refractivity contribution in [1.82, 2.24) is 20.5 Å². The summed E-state index contributed by atoms with van der Waals surface area (Å²) in [7, 11) is 0. The van der Waals surface area contributed by atoms with Crippen molar-refractivity contribution < 1.29 is 39.5 Å². The molecule has 1 aromatic heterocycles. The van der Waals surface area contributed by atoms with Gasteiger partial charge in [0.15, 0.2) is 6.61 Å². The van der Waals surface area contributed by atoms with E-state index in [1.807, 2.05) is 12.1 Å². The number of amides is 2. The number of piperidine rings is 1. The van der Waals surface area contributed by atoms with E-state index >= 15 is 0 Å². The van der Waals surface area contributed by atoms with Crippen LogP contribution < -0.4 is 20.9 Å². The number of nitrogens with zero attached hydrogens (tertiary/aromatic N) is 1. The van der Waals surface area contributed by atoms with E-state index in [1.165, 1.54) is 36.4 Å². The summed E-state index contributed by atoms with van der Waals surface area (Å²) in [6.45, 7) is 1.92. The van der Waals surface area contributed by atoms with Crippen LogP contribution in [0.15, 0.2) is 108 Å². The molecule has 13 heteroatoms. The van der Waals surface area contributed by atoms with Crippen molar-refractivity contribution in [1.29, 1.82) is 0 Å². The Bertz CT molecular complexity index is 2170. The highest BCUT2D eigenvalue weighted by atomic mass is 16.5. The number of phenols is 1. The maximum absolute atomic E-state index is 13.0. The summed E-state index contributed by atoms with van der Waals surface area (Å²) >= 11 is 0. The smallest absolute Gasteiger partial charge is 0.345 e. The summed E-state index contributed by atoms with van der Waals surface area (Å²) in [5, 5.41) is 48.7. The molecular formula is C41H42N4O9. The lowest BCUT2D eigenvalue weighted by molar-refractivity contribution is -0.155. The molecule has 1 fully saturated rings. The molecule has 7 N–H and O–H groups in total. The molecule has 280 valence electrons. The number of likely N-dealkylation sites (tertiary alicyclic amines) is 1. The summed E-state index contributed by atoms with van der Waals surface area (Å²) < 4.78 is 5.72. The maximum atomic E-state index is 13.0. The zero-order valence-corrected chi connectivity index (χ0v) is 29.4. The SMILES string of the molecule is O=C(NCC1CCN(C(=O)COc2cccc(C(O)(C(=O)O)c3ccccc3)c2)CC1)c1ccc(CNCC(O)c2ccc(O)c3[nH]c(=O)ccc23)cc1. The molecule has 4 aromatic carbocycles. The van der Waals surface area contributed by atoms with Crippen LogP contribution in [0, 0.1) is 5.92 Å². The number of aromatic hydroxyl groups is 1. The number of aliphatic carboxylic acids is 1. The van der Waals surface area contributed by atoms with E-state index < -0.39 is 17.7 Å². The fourth-order valence-electron chi connectivity index (χ4n) is 6.65. The van der Waals surface area contributed by atoms with Gasteiger partial charge in [-0.05, 0) is 71.8 Å². The second-order valence-corrected chi connectivity index (χ2v) is 13.4. The number of H-pyrrole nitrogens is 1. The van der Waals surface area contributed by atoms with Crippen molar-refractivity contribution in [3.8, 4) is 11.5 Å². The molecule has 2 atom stereocenters. The molecule has 0 saturated carbocycles. The van der Waals surface area contributed by atoms with Gasteiger partial charge in [0.1, 0.15) is 11.5 Å². The van der Waals surface area contributed by atoms with Gasteiger partial charge in [0, 0.05) is 55.3 Å². The minimum absolute atomic E-state index is 0.0716. The van der Waals surface area contributed by atoms with Crippen LogP contribution in [0.25, 0.3) is 10.9 Å². The third kappa shape index (κ3) is 8.60. The highest BCUT2D eigenvalue weighted by Crippen LogP contribution is 2.32. The minimum atomic E-state index is -2.28. The zero-order valence-electron chi connectivity index (χ0n) is 29.4. The fourth-order valence-corrected chi connectivity index (χ4v) is 6.65. The Morgan fingerprint density at radius 2 is 1.63 bits per heavy atom. The Hall–Kier alpha value is -6.02. The highest BCUT2D eigenvalue weighted by Gasteiger charge is 2.40. The summed E-state index contributed by atoms with van der Waals surface area (Å²) in [5.41, 5.74) is -0.0448. The zero-order chi connectivity index (χ0) is 38.2. The van der Waals surface area contributed by atoms with E-state index in [9.17, 15) is 39.6 Å². The van der Waals surface area contributed by atoms with Gasteiger partial charge in [0.05, 0.1) is 11.6 Å². The van der Waals surface area contributed by atoms with Crippen molar-refractivity contribution >= 4 is 28.7 Å². The monoisotopic (exact) mass is 734 g/mol. The predicted molar refractivity (Wildman–Crippen MR) is 200 cm³/mol. The number of phenolic OH excluding ortho intramolecular Hbond substituents is 1. The van der Waals surface area contributed by atoms with E-state index in [2.05, 4.69) is 15.6 Å². The van der Waals surface area contributed by atoms with E-state index in [0.29, 0.717) is 55.5 Å². The molecule has 2 heterocycles. The lowest BCUT2D eigenvalue weighted by Crippen LogP contribution is -2.43. The second kappa shape index (κ2) is 16.8. The van der Waals surface area contributed by atoms with Crippen molar-refractivity contribution in [2.75, 3.05) is 32.8 Å². The predicted octanol–water partition coefficient (Wildman–Crippen LogP) is 3.42. The highest BCUT2D eigenvalue weighted by molar-refractivity contribution is 5.94. The number of carboxylic acid groups (broad SMARTS) is 1. The first-order valence-corrected chi connectivity index (χ1v) is 17.7. The maximum Gasteiger partial charge on any atom is 0.345 e. The number of aromatic amines is 1. The summed E-state index contributed by atoms with van der Waals surface area (Å²) in [5.74, 6) is -1.45. The number of pyridine rings is 1. The first-order valence-electron chi connectivity index (χ1n) is 17.7. The number of carbonyl (C=O) groups is 3. The molecule has 0 bridgehead atoms. The first-order chi connectivity index (χ1) is 26.0. The van der Waals surface area contributed by atoms with Crippen LogP contribution >= 0.6 is 0 Å². The third-order valence-electron chi connectivity index (χ3n) is 9.78. The number of aliphatic hydroxyl groups excluding tert-OH is 1. The minimum Gasteiger partial charge on any atom is -0.506 e. The molecule has 2 amide bonds. The normalized spacial score (nSPS) is 15.0. The van der Waals surface area contributed by atoms with Gasteiger partial charge in [-0.2, -0.15) is 0 Å². The number of carboxylic acids is 1. The van der Waals surface area contributed by atoms with Crippen molar-refractivity contribution in [3.63, 3.8) is 0 Å². The van der Waals surface area contributed by atoms with Gasteiger partial charge in [0.25, 0.3) is 11.8 Å². The van der Waals surface area contributed by atoms with Gasteiger partial charge in [-0.3, -0.25) is 14.4 Å². The number of hydrogen-bond acceptors (Lipinski definition) is 9. The molecule has 2 unspecified atom stereocenters. The lowest BCUT2D eigenvalue weighted by atomic mass is 9.86. The van der Waals surface area contributed by atoms with Crippen molar-refractivity contribution in [2.45, 2.75) is 31.1 Å². The number of carbonyl (C=O) groups excluding carboxylic acids is 2. The molecule has 0 aliphatic carbocycles. The van der Waals surface area contributed by atoms with E-state index in [1.54, 1.807) is 59.5 Å². The van der Waals surface area contributed by atoms with Crippen LogP contribution in [-0.4, -0.2) is 80.9 Å². The lowest BCUT2D eigenvalue weighted by Gasteiger charge is -2.32. The van der Waals surface area contributed by atoms with Crippen molar-refractivity contribution in [3.05, 3.63) is 141 Å². The van der Waals surface area contributed by atoms with E-state index in [0.717, 1.165) is 5.56 Å². The molecule has 1 aliphatic heterocycles. The Kier molecular flexibility index (Phi) is 11.7. The second-order valence-electron chi connectivity index (χ2n) is 13.4. The number of aromatic nitrogens is 1. The van der Waals surface area contributed by atoms with Gasteiger partial charge in [-0.25, -0.2) is 4.79 Å². The first kappa shape index (κ1) is 37.7. The molecule has 1 saturated heterocycles. The van der Waals surface area contributed by atoms with Crippen LogP contribution in [-0.2, 0) is 21.7 Å². The van der Waals surface area contributed by atoms with Crippen LogP contribution in [0.3, 0.4) is 0 Å². The molecule has 6 rings (SSSR count). The van der Waals surface area contributed by atoms with Crippen LogP contribution in [0.1, 0.15) is 51.6 Å². The Labute approximate surface area is 310 Å². The number of nitrogens with one attached hydrogen (secondary N) is 3. The van der Waals surface area contributed by atoms with Gasteiger partial charge in [-0.1, -0.05) is 60.7 Å².